The average molecular weight is 418 g/mol. The van der Waals surface area contributed by atoms with Crippen molar-refractivity contribution in [3.63, 3.8) is 0 Å². The van der Waals surface area contributed by atoms with Gasteiger partial charge in [0.1, 0.15) is 11.6 Å². The molecule has 1 unspecified atom stereocenters. The topological polar surface area (TPSA) is 95.2 Å². The average Bonchev–Trinajstić information content (AvgIpc) is 3.14. The van der Waals surface area contributed by atoms with Crippen LogP contribution in [0.5, 0.6) is 0 Å². The number of amides is 1. The summed E-state index contributed by atoms with van der Waals surface area (Å²) in [7, 11) is 0. The number of nitrogens with zero attached hydrogens (tertiary/aromatic N) is 4. The molecule has 1 aliphatic rings. The Labute approximate surface area is 180 Å². The molecule has 0 spiro atoms. The fourth-order valence-electron chi connectivity index (χ4n) is 4.06. The molecular formula is C23H24N5O3-. The Kier molecular flexibility index (Phi) is 5.94. The first kappa shape index (κ1) is 20.5. The Bertz CT molecular complexity index is 1200. The van der Waals surface area contributed by atoms with Crippen molar-refractivity contribution in [2.24, 2.45) is 0 Å². The van der Waals surface area contributed by atoms with E-state index in [1.54, 1.807) is 17.7 Å². The van der Waals surface area contributed by atoms with Crippen LogP contribution in [0.1, 0.15) is 25.3 Å². The summed E-state index contributed by atoms with van der Waals surface area (Å²) in [6.07, 6.45) is 2.04. The summed E-state index contributed by atoms with van der Waals surface area (Å²) in [4.78, 5) is 31.1. The number of pyridine rings is 1. The molecule has 1 amide bonds. The lowest BCUT2D eigenvalue weighted by atomic mass is 10.1. The molecule has 3 heterocycles. The highest BCUT2D eigenvalue weighted by Crippen LogP contribution is 2.24. The normalized spacial score (nSPS) is 16.0. The second-order valence-electron chi connectivity index (χ2n) is 7.61. The summed E-state index contributed by atoms with van der Waals surface area (Å²) in [5.41, 5.74) is 2.03. The first-order chi connectivity index (χ1) is 15.1. The summed E-state index contributed by atoms with van der Waals surface area (Å²) >= 11 is 0. The number of nitrogens with one attached hydrogen (secondary N) is 1. The third-order valence-corrected chi connectivity index (χ3v) is 5.49. The molecule has 0 radical (unpaired) electrons. The molecule has 0 saturated carbocycles. The van der Waals surface area contributed by atoms with Gasteiger partial charge < -0.3 is 24.7 Å². The summed E-state index contributed by atoms with van der Waals surface area (Å²) in [6.45, 7) is 3.76. The van der Waals surface area contributed by atoms with E-state index < -0.39 is 6.09 Å². The van der Waals surface area contributed by atoms with Gasteiger partial charge in [0.25, 0.3) is 5.56 Å². The van der Waals surface area contributed by atoms with Crippen LogP contribution in [-0.2, 0) is 13.1 Å². The fourth-order valence-corrected chi connectivity index (χ4v) is 4.06. The van der Waals surface area contributed by atoms with E-state index in [4.69, 9.17) is 4.98 Å². The molecule has 8 heteroatoms. The zero-order valence-corrected chi connectivity index (χ0v) is 17.4. The molecule has 1 aliphatic heterocycles. The Morgan fingerprint density at radius 1 is 1.29 bits per heavy atom. The number of fused-ring (bicyclic) bond motifs is 1. The highest BCUT2D eigenvalue weighted by Gasteiger charge is 2.25. The number of carbonyl (C=O) groups is 1. The lowest BCUT2D eigenvalue weighted by Gasteiger charge is -2.34. The molecule has 2 aromatic heterocycles. The predicted octanol–water partition coefficient (Wildman–Crippen LogP) is 1.17. The third kappa shape index (κ3) is 4.40. The van der Waals surface area contributed by atoms with Crippen molar-refractivity contribution in [1.29, 1.82) is 0 Å². The first-order valence-electron chi connectivity index (χ1n) is 10.3. The van der Waals surface area contributed by atoms with Gasteiger partial charge in [0, 0.05) is 25.3 Å². The molecular weight excluding hydrogens is 394 g/mol. The molecule has 1 saturated heterocycles. The standard InChI is InChI=1S/C23H25N5O3/c1-2-3-13-28-20-19(11-14-26(21(20)29)15-17-8-5-4-6-9-17)25-22(28)27-12-7-10-18(16-27)24-23(30)31/h4-6,8-9,11,14,18,24H,7,10,12-13,15-16H2,1H3,(H,30,31)/p-1. The van der Waals surface area contributed by atoms with Gasteiger partial charge in [0.2, 0.25) is 5.95 Å². The minimum Gasteiger partial charge on any atom is -0.530 e. The second kappa shape index (κ2) is 8.96. The second-order valence-corrected chi connectivity index (χ2v) is 7.61. The predicted molar refractivity (Wildman–Crippen MR) is 117 cm³/mol. The first-order valence-corrected chi connectivity index (χ1v) is 10.3. The van der Waals surface area contributed by atoms with Crippen LogP contribution in [0, 0.1) is 11.8 Å². The smallest absolute Gasteiger partial charge is 0.277 e. The maximum atomic E-state index is 13.4. The SMILES string of the molecule is CC#CCn1c(N2CCCC(NC(=O)[O-])C2)nc2ccn(Cc3ccccc3)c(=O)c21. The number of benzene rings is 1. The molecule has 160 valence electrons. The van der Waals surface area contributed by atoms with Gasteiger partial charge in [-0.2, -0.15) is 0 Å². The molecule has 1 aromatic carbocycles. The maximum Gasteiger partial charge on any atom is 0.277 e. The minimum absolute atomic E-state index is 0.126. The Morgan fingerprint density at radius 2 is 2.10 bits per heavy atom. The van der Waals surface area contributed by atoms with E-state index in [1.807, 2.05) is 45.9 Å². The van der Waals surface area contributed by atoms with Crippen LogP contribution < -0.4 is 20.9 Å². The van der Waals surface area contributed by atoms with Gasteiger partial charge in [0.15, 0.2) is 0 Å². The number of aromatic nitrogens is 3. The van der Waals surface area contributed by atoms with Gasteiger partial charge in [-0.3, -0.25) is 9.36 Å². The Balaban J connectivity index is 1.75. The number of carboxylic acid groups (broad SMARTS) is 1. The van der Waals surface area contributed by atoms with E-state index in [1.165, 1.54) is 0 Å². The van der Waals surface area contributed by atoms with E-state index in [0.717, 1.165) is 24.9 Å². The zero-order valence-electron chi connectivity index (χ0n) is 17.4. The van der Waals surface area contributed by atoms with Gasteiger partial charge in [-0.1, -0.05) is 36.3 Å². The number of imidazole rings is 1. The quantitative estimate of drug-likeness (QED) is 0.628. The molecule has 3 aromatic rings. The number of carbonyl (C=O) groups excluding carboxylic acids is 1. The summed E-state index contributed by atoms with van der Waals surface area (Å²) in [5, 5.41) is 13.4. The minimum atomic E-state index is -1.28. The summed E-state index contributed by atoms with van der Waals surface area (Å²) in [5.74, 6) is 6.56. The maximum absolute atomic E-state index is 13.4. The lowest BCUT2D eigenvalue weighted by Crippen LogP contribution is -2.51. The summed E-state index contributed by atoms with van der Waals surface area (Å²) in [6, 6.07) is 11.4. The van der Waals surface area contributed by atoms with Crippen LogP contribution in [0.3, 0.4) is 0 Å². The van der Waals surface area contributed by atoms with Gasteiger partial charge >= 0.3 is 0 Å². The van der Waals surface area contributed by atoms with Crippen molar-refractivity contribution < 1.29 is 9.90 Å². The van der Waals surface area contributed by atoms with Crippen LogP contribution in [0.4, 0.5) is 10.7 Å². The van der Waals surface area contributed by atoms with E-state index in [-0.39, 0.29) is 11.6 Å². The molecule has 4 rings (SSSR count). The van der Waals surface area contributed by atoms with Gasteiger partial charge in [0.05, 0.1) is 18.6 Å². The van der Waals surface area contributed by atoms with Crippen LogP contribution in [-0.4, -0.2) is 39.3 Å². The monoisotopic (exact) mass is 418 g/mol. The molecule has 1 N–H and O–H groups in total. The lowest BCUT2D eigenvalue weighted by molar-refractivity contribution is -0.251. The molecule has 1 atom stereocenters. The van der Waals surface area contributed by atoms with E-state index >= 15 is 0 Å². The number of hydrogen-bond donors (Lipinski definition) is 1. The summed E-state index contributed by atoms with van der Waals surface area (Å²) < 4.78 is 3.52. The van der Waals surface area contributed by atoms with Gasteiger partial charge in [-0.15, -0.1) is 5.92 Å². The van der Waals surface area contributed by atoms with Gasteiger partial charge in [-0.05, 0) is 31.4 Å². The number of piperidine rings is 1. The third-order valence-electron chi connectivity index (χ3n) is 5.49. The van der Waals surface area contributed by atoms with Crippen LogP contribution in [0.25, 0.3) is 11.0 Å². The van der Waals surface area contributed by atoms with Crippen molar-refractivity contribution in [3.05, 3.63) is 58.5 Å². The van der Waals surface area contributed by atoms with E-state index in [0.29, 0.717) is 36.6 Å². The van der Waals surface area contributed by atoms with Crippen molar-refractivity contribution in [3.8, 4) is 11.8 Å². The van der Waals surface area contributed by atoms with Crippen molar-refractivity contribution >= 4 is 23.1 Å². The van der Waals surface area contributed by atoms with Gasteiger partial charge in [-0.25, -0.2) is 4.98 Å². The zero-order chi connectivity index (χ0) is 21.8. The molecule has 31 heavy (non-hydrogen) atoms. The largest absolute Gasteiger partial charge is 0.530 e. The van der Waals surface area contributed by atoms with E-state index in [9.17, 15) is 14.7 Å². The number of rotatable bonds is 5. The highest BCUT2D eigenvalue weighted by molar-refractivity contribution is 5.78. The fraction of sp³-hybridized carbons (Fsp3) is 0.348. The molecule has 1 fully saturated rings. The van der Waals surface area contributed by atoms with Crippen LogP contribution >= 0.6 is 0 Å². The Hall–Kier alpha value is -3.73. The molecule has 0 aliphatic carbocycles. The van der Waals surface area contributed by atoms with Crippen molar-refractivity contribution in [2.45, 2.75) is 38.9 Å². The van der Waals surface area contributed by atoms with Crippen LogP contribution in [0.2, 0.25) is 0 Å². The van der Waals surface area contributed by atoms with Crippen molar-refractivity contribution in [1.82, 2.24) is 19.4 Å². The number of hydrogen-bond acceptors (Lipinski definition) is 5. The number of anilines is 1. The van der Waals surface area contributed by atoms with E-state index in [2.05, 4.69) is 17.2 Å². The highest BCUT2D eigenvalue weighted by atomic mass is 16.4. The molecule has 0 bridgehead atoms. The van der Waals surface area contributed by atoms with Crippen LogP contribution in [0.15, 0.2) is 47.4 Å². The Morgan fingerprint density at radius 3 is 2.84 bits per heavy atom. The van der Waals surface area contributed by atoms with Crippen molar-refractivity contribution in [2.75, 3.05) is 18.0 Å². The molecule has 8 nitrogen and oxygen atoms in total.